The molecule has 1 N–H and O–H groups in total. The van der Waals surface area contributed by atoms with E-state index in [4.69, 9.17) is 21.1 Å². The van der Waals surface area contributed by atoms with Crippen LogP contribution in [0, 0.1) is 0 Å². The SMILES string of the molecule is O=C(O)CCc1cnc(-c2cccc(Cl)c2)o1. The molecule has 88 valence electrons. The van der Waals surface area contributed by atoms with Crippen molar-refractivity contribution in [3.05, 3.63) is 41.2 Å². The minimum atomic E-state index is -0.856. The molecule has 0 saturated heterocycles. The minimum absolute atomic E-state index is 0.0319. The van der Waals surface area contributed by atoms with Crippen molar-refractivity contribution in [2.24, 2.45) is 0 Å². The maximum Gasteiger partial charge on any atom is 0.303 e. The van der Waals surface area contributed by atoms with Crippen LogP contribution in [0.1, 0.15) is 12.2 Å². The summed E-state index contributed by atoms with van der Waals surface area (Å²) in [6.07, 6.45) is 1.91. The molecule has 1 aromatic carbocycles. The molecule has 0 fully saturated rings. The Morgan fingerprint density at radius 1 is 1.47 bits per heavy atom. The Morgan fingerprint density at radius 3 is 3.00 bits per heavy atom. The molecule has 2 rings (SSSR count). The number of carbonyl (C=O) groups is 1. The number of oxazole rings is 1. The van der Waals surface area contributed by atoms with Gasteiger partial charge in [-0.15, -0.1) is 0 Å². The maximum absolute atomic E-state index is 10.4. The molecule has 2 aromatic rings. The van der Waals surface area contributed by atoms with E-state index in [-0.39, 0.29) is 6.42 Å². The zero-order valence-electron chi connectivity index (χ0n) is 8.89. The highest BCUT2D eigenvalue weighted by atomic mass is 35.5. The molecule has 4 nitrogen and oxygen atoms in total. The lowest BCUT2D eigenvalue weighted by Gasteiger charge is -1.96. The molecule has 0 amide bonds. The van der Waals surface area contributed by atoms with E-state index >= 15 is 0 Å². The van der Waals surface area contributed by atoms with E-state index in [0.29, 0.717) is 23.1 Å². The average Bonchev–Trinajstić information content (AvgIpc) is 2.75. The number of aryl methyl sites for hydroxylation is 1. The number of aromatic nitrogens is 1. The van der Waals surface area contributed by atoms with Crippen molar-refractivity contribution in [1.82, 2.24) is 4.98 Å². The first kappa shape index (κ1) is 11.7. The third-order valence-corrected chi connectivity index (χ3v) is 2.45. The van der Waals surface area contributed by atoms with Gasteiger partial charge in [-0.2, -0.15) is 0 Å². The summed E-state index contributed by atoms with van der Waals surface area (Å²) < 4.78 is 5.44. The molecule has 0 aliphatic rings. The molecule has 1 aromatic heterocycles. The van der Waals surface area contributed by atoms with Gasteiger partial charge in [-0.3, -0.25) is 4.79 Å². The van der Waals surface area contributed by atoms with Gasteiger partial charge < -0.3 is 9.52 Å². The topological polar surface area (TPSA) is 63.3 Å². The minimum Gasteiger partial charge on any atom is -0.481 e. The Balaban J connectivity index is 2.15. The first-order valence-electron chi connectivity index (χ1n) is 5.07. The summed E-state index contributed by atoms with van der Waals surface area (Å²) in [5.74, 6) is 0.154. The second-order valence-corrected chi connectivity index (χ2v) is 3.97. The summed E-state index contributed by atoms with van der Waals surface area (Å²) >= 11 is 5.86. The van der Waals surface area contributed by atoms with Gasteiger partial charge in [-0.25, -0.2) is 4.98 Å². The van der Waals surface area contributed by atoms with E-state index in [0.717, 1.165) is 5.56 Å². The fraction of sp³-hybridized carbons (Fsp3) is 0.167. The molecular formula is C12H10ClNO3. The van der Waals surface area contributed by atoms with Crippen molar-refractivity contribution >= 4 is 17.6 Å². The third-order valence-electron chi connectivity index (χ3n) is 2.21. The third kappa shape index (κ3) is 3.07. The van der Waals surface area contributed by atoms with Crippen LogP contribution in [0.5, 0.6) is 0 Å². The molecule has 1 heterocycles. The Labute approximate surface area is 103 Å². The Bertz CT molecular complexity index is 536. The van der Waals surface area contributed by atoms with Gasteiger partial charge >= 0.3 is 5.97 Å². The molecule has 0 bridgehead atoms. The lowest BCUT2D eigenvalue weighted by molar-refractivity contribution is -0.137. The van der Waals surface area contributed by atoms with Gasteiger partial charge in [0.25, 0.3) is 0 Å². The Hall–Kier alpha value is -1.81. The predicted octanol–water partition coefficient (Wildman–Crippen LogP) is 3.01. The lowest BCUT2D eigenvalue weighted by Crippen LogP contribution is -1.96. The Kier molecular flexibility index (Phi) is 3.44. The first-order chi connectivity index (χ1) is 8.15. The van der Waals surface area contributed by atoms with Crippen molar-refractivity contribution in [2.45, 2.75) is 12.8 Å². The van der Waals surface area contributed by atoms with Gasteiger partial charge in [0, 0.05) is 17.0 Å². The summed E-state index contributed by atoms with van der Waals surface area (Å²) in [5.41, 5.74) is 0.777. The molecule has 17 heavy (non-hydrogen) atoms. The van der Waals surface area contributed by atoms with Crippen molar-refractivity contribution in [2.75, 3.05) is 0 Å². The molecular weight excluding hydrogens is 242 g/mol. The average molecular weight is 252 g/mol. The quantitative estimate of drug-likeness (QED) is 0.907. The number of aliphatic carboxylic acids is 1. The van der Waals surface area contributed by atoms with Gasteiger partial charge in [-0.1, -0.05) is 17.7 Å². The molecule has 0 aliphatic carbocycles. The van der Waals surface area contributed by atoms with Crippen LogP contribution in [-0.4, -0.2) is 16.1 Å². The van der Waals surface area contributed by atoms with Gasteiger partial charge in [0.15, 0.2) is 0 Å². The van der Waals surface area contributed by atoms with Crippen molar-refractivity contribution in [1.29, 1.82) is 0 Å². The highest BCUT2D eigenvalue weighted by Gasteiger charge is 2.08. The predicted molar refractivity (Wildman–Crippen MR) is 62.9 cm³/mol. The van der Waals surface area contributed by atoms with Crippen LogP contribution < -0.4 is 0 Å². The molecule has 0 spiro atoms. The highest BCUT2D eigenvalue weighted by molar-refractivity contribution is 6.30. The van der Waals surface area contributed by atoms with Crippen molar-refractivity contribution in [3.63, 3.8) is 0 Å². The van der Waals surface area contributed by atoms with Crippen LogP contribution in [0.4, 0.5) is 0 Å². The smallest absolute Gasteiger partial charge is 0.303 e. The summed E-state index contributed by atoms with van der Waals surface area (Å²) in [5, 5.41) is 9.16. The number of benzene rings is 1. The van der Waals surface area contributed by atoms with E-state index in [1.165, 1.54) is 0 Å². The van der Waals surface area contributed by atoms with E-state index in [1.807, 2.05) is 6.07 Å². The zero-order chi connectivity index (χ0) is 12.3. The van der Waals surface area contributed by atoms with Crippen molar-refractivity contribution in [3.8, 4) is 11.5 Å². The maximum atomic E-state index is 10.4. The van der Waals surface area contributed by atoms with Crippen LogP contribution >= 0.6 is 11.6 Å². The number of halogens is 1. The fourth-order valence-electron chi connectivity index (χ4n) is 1.41. The second-order valence-electron chi connectivity index (χ2n) is 3.54. The summed E-state index contributed by atoms with van der Waals surface area (Å²) in [4.78, 5) is 14.5. The second kappa shape index (κ2) is 5.01. The van der Waals surface area contributed by atoms with Crippen LogP contribution in [0.3, 0.4) is 0 Å². The molecule has 0 saturated carbocycles. The summed E-state index contributed by atoms with van der Waals surface area (Å²) in [7, 11) is 0. The Morgan fingerprint density at radius 2 is 2.29 bits per heavy atom. The monoisotopic (exact) mass is 251 g/mol. The van der Waals surface area contributed by atoms with Gasteiger partial charge in [-0.05, 0) is 18.2 Å². The van der Waals surface area contributed by atoms with Gasteiger partial charge in [0.05, 0.1) is 12.6 Å². The van der Waals surface area contributed by atoms with Gasteiger partial charge in [0.1, 0.15) is 5.76 Å². The molecule has 0 atom stereocenters. The number of hydrogen-bond acceptors (Lipinski definition) is 3. The van der Waals surface area contributed by atoms with Crippen LogP contribution in [-0.2, 0) is 11.2 Å². The fourth-order valence-corrected chi connectivity index (χ4v) is 1.60. The van der Waals surface area contributed by atoms with Crippen LogP contribution in [0.2, 0.25) is 5.02 Å². The molecule has 0 radical (unpaired) electrons. The zero-order valence-corrected chi connectivity index (χ0v) is 9.65. The number of nitrogens with zero attached hydrogens (tertiary/aromatic N) is 1. The molecule has 0 aliphatic heterocycles. The summed E-state index contributed by atoms with van der Waals surface area (Å²) in [6.45, 7) is 0. The first-order valence-corrected chi connectivity index (χ1v) is 5.45. The van der Waals surface area contributed by atoms with Crippen LogP contribution in [0.15, 0.2) is 34.9 Å². The highest BCUT2D eigenvalue weighted by Crippen LogP contribution is 2.22. The largest absolute Gasteiger partial charge is 0.481 e. The van der Waals surface area contributed by atoms with Crippen LogP contribution in [0.25, 0.3) is 11.5 Å². The standard InChI is InChI=1S/C12H10ClNO3/c13-9-3-1-2-8(6-9)12-14-7-10(17-12)4-5-11(15)16/h1-3,6-7H,4-5H2,(H,15,16). The van der Waals surface area contributed by atoms with Gasteiger partial charge in [0.2, 0.25) is 5.89 Å². The lowest BCUT2D eigenvalue weighted by atomic mass is 10.2. The van der Waals surface area contributed by atoms with E-state index in [1.54, 1.807) is 24.4 Å². The van der Waals surface area contributed by atoms with E-state index in [9.17, 15) is 4.79 Å². The normalized spacial score (nSPS) is 10.4. The van der Waals surface area contributed by atoms with Crippen molar-refractivity contribution < 1.29 is 14.3 Å². The number of carboxylic acids is 1. The number of carboxylic acid groups (broad SMARTS) is 1. The van der Waals surface area contributed by atoms with E-state index in [2.05, 4.69) is 4.98 Å². The molecule has 5 heteroatoms. The number of rotatable bonds is 4. The molecule has 0 unspecified atom stereocenters. The number of hydrogen-bond donors (Lipinski definition) is 1. The summed E-state index contributed by atoms with van der Waals surface area (Å²) in [6, 6.07) is 7.14. The van der Waals surface area contributed by atoms with E-state index < -0.39 is 5.97 Å².